The molecule has 7 heteroatoms. The molecule has 0 spiro atoms. The third kappa shape index (κ3) is 3.93. The molecule has 0 saturated carbocycles. The summed E-state index contributed by atoms with van der Waals surface area (Å²) in [5, 5.41) is 13.3. The van der Waals surface area contributed by atoms with Crippen molar-refractivity contribution in [2.45, 2.75) is 12.5 Å². The Morgan fingerprint density at radius 1 is 1.35 bits per heavy atom. The number of morpholine rings is 1. The predicted molar refractivity (Wildman–Crippen MR) is 82.8 cm³/mol. The summed E-state index contributed by atoms with van der Waals surface area (Å²) in [5.74, 6) is 0.741. The van der Waals surface area contributed by atoms with Gasteiger partial charge in [0.05, 0.1) is 24.4 Å². The van der Waals surface area contributed by atoms with Crippen LogP contribution in [0.1, 0.15) is 17.3 Å². The van der Waals surface area contributed by atoms with E-state index in [9.17, 15) is 9.90 Å². The Morgan fingerprint density at radius 2 is 2.13 bits per heavy atom. The van der Waals surface area contributed by atoms with Crippen molar-refractivity contribution in [2.75, 3.05) is 46.2 Å². The summed E-state index contributed by atoms with van der Waals surface area (Å²) in [6.07, 6.45) is 0. The van der Waals surface area contributed by atoms with Crippen LogP contribution in [0, 0.1) is 0 Å². The summed E-state index contributed by atoms with van der Waals surface area (Å²) in [7, 11) is 0. The molecule has 1 aromatic carbocycles. The van der Waals surface area contributed by atoms with Gasteiger partial charge in [-0.25, -0.2) is 0 Å². The van der Waals surface area contributed by atoms with Crippen molar-refractivity contribution in [1.29, 1.82) is 0 Å². The van der Waals surface area contributed by atoms with Crippen molar-refractivity contribution in [3.05, 3.63) is 23.8 Å². The van der Waals surface area contributed by atoms with Gasteiger partial charge in [-0.2, -0.15) is 0 Å². The van der Waals surface area contributed by atoms with Crippen molar-refractivity contribution < 1.29 is 24.1 Å². The summed E-state index contributed by atoms with van der Waals surface area (Å²) in [6, 6.07) is 5.18. The van der Waals surface area contributed by atoms with Crippen molar-refractivity contribution in [2.24, 2.45) is 0 Å². The molecule has 3 rings (SSSR count). The lowest BCUT2D eigenvalue weighted by Crippen LogP contribution is -2.51. The normalized spacial score (nSPS) is 20.1. The van der Waals surface area contributed by atoms with E-state index >= 15 is 0 Å². The minimum atomic E-state index is -1.01. The maximum atomic E-state index is 12.4. The second-order valence-corrected chi connectivity index (χ2v) is 6.11. The third-order valence-electron chi connectivity index (χ3n) is 3.94. The van der Waals surface area contributed by atoms with E-state index in [-0.39, 0.29) is 19.2 Å². The average molecular weight is 322 g/mol. The van der Waals surface area contributed by atoms with E-state index in [0.29, 0.717) is 36.8 Å². The van der Waals surface area contributed by atoms with Gasteiger partial charge in [-0.3, -0.25) is 9.69 Å². The Labute approximate surface area is 135 Å². The molecule has 1 saturated heterocycles. The van der Waals surface area contributed by atoms with E-state index in [1.165, 1.54) is 0 Å². The number of rotatable bonds is 5. The minimum Gasteiger partial charge on any atom is -0.454 e. The summed E-state index contributed by atoms with van der Waals surface area (Å²) in [6.45, 7) is 5.43. The Bertz CT molecular complexity index is 570. The first kappa shape index (κ1) is 16.0. The second kappa shape index (κ2) is 6.74. The van der Waals surface area contributed by atoms with Crippen LogP contribution in [0.25, 0.3) is 0 Å². The van der Waals surface area contributed by atoms with Crippen molar-refractivity contribution >= 4 is 5.91 Å². The number of amides is 1. The Hall–Kier alpha value is -1.83. The molecule has 0 aromatic heterocycles. The van der Waals surface area contributed by atoms with Crippen LogP contribution >= 0.6 is 0 Å². The van der Waals surface area contributed by atoms with Crippen LogP contribution in [0.15, 0.2) is 18.2 Å². The lowest BCUT2D eigenvalue weighted by molar-refractivity contribution is -0.0213. The van der Waals surface area contributed by atoms with Gasteiger partial charge in [0.25, 0.3) is 5.91 Å². The van der Waals surface area contributed by atoms with Crippen molar-refractivity contribution in [1.82, 2.24) is 10.2 Å². The summed E-state index contributed by atoms with van der Waals surface area (Å²) in [5.41, 5.74) is -0.593. The highest BCUT2D eigenvalue weighted by molar-refractivity contribution is 5.98. The molecule has 0 unspecified atom stereocenters. The highest BCUT2D eigenvalue weighted by atomic mass is 16.7. The van der Waals surface area contributed by atoms with Crippen LogP contribution in [-0.4, -0.2) is 67.7 Å². The fourth-order valence-electron chi connectivity index (χ4n) is 2.77. The van der Waals surface area contributed by atoms with Gasteiger partial charge in [0, 0.05) is 26.2 Å². The molecular weight excluding hydrogens is 300 g/mol. The lowest BCUT2D eigenvalue weighted by Gasteiger charge is -2.33. The van der Waals surface area contributed by atoms with Gasteiger partial charge in [0.2, 0.25) is 6.79 Å². The van der Waals surface area contributed by atoms with E-state index < -0.39 is 5.60 Å². The Kier molecular flexibility index (Phi) is 4.70. The highest BCUT2D eigenvalue weighted by Gasteiger charge is 2.27. The summed E-state index contributed by atoms with van der Waals surface area (Å²) >= 11 is 0. The van der Waals surface area contributed by atoms with Gasteiger partial charge in [0.15, 0.2) is 11.5 Å². The van der Waals surface area contributed by atoms with Crippen LogP contribution in [-0.2, 0) is 4.74 Å². The largest absolute Gasteiger partial charge is 0.454 e. The minimum absolute atomic E-state index is 0.119. The van der Waals surface area contributed by atoms with E-state index in [0.717, 1.165) is 13.1 Å². The quantitative estimate of drug-likeness (QED) is 0.808. The molecular formula is C16H22N2O5. The van der Waals surface area contributed by atoms with E-state index in [1.807, 2.05) is 0 Å². The first-order valence-electron chi connectivity index (χ1n) is 7.74. The smallest absolute Gasteiger partial charge is 0.255 e. The number of hydrogen-bond donors (Lipinski definition) is 2. The molecule has 7 nitrogen and oxygen atoms in total. The van der Waals surface area contributed by atoms with E-state index in [4.69, 9.17) is 14.2 Å². The molecule has 1 atom stereocenters. The maximum absolute atomic E-state index is 12.4. The monoisotopic (exact) mass is 322 g/mol. The van der Waals surface area contributed by atoms with Crippen LogP contribution in [0.2, 0.25) is 0 Å². The number of ether oxygens (including phenoxy) is 3. The van der Waals surface area contributed by atoms with Gasteiger partial charge >= 0.3 is 0 Å². The molecule has 2 aliphatic rings. The number of carbonyl (C=O) groups is 1. The zero-order valence-electron chi connectivity index (χ0n) is 13.2. The third-order valence-corrected chi connectivity index (χ3v) is 3.94. The first-order valence-corrected chi connectivity index (χ1v) is 7.74. The molecule has 126 valence electrons. The number of aliphatic hydroxyl groups is 1. The van der Waals surface area contributed by atoms with Gasteiger partial charge in [-0.05, 0) is 19.1 Å². The van der Waals surface area contributed by atoms with Gasteiger partial charge in [0.1, 0.15) is 0 Å². The first-order chi connectivity index (χ1) is 11.1. The second-order valence-electron chi connectivity index (χ2n) is 6.11. The Balaban J connectivity index is 1.57. The van der Waals surface area contributed by atoms with Crippen molar-refractivity contribution in [3.63, 3.8) is 0 Å². The standard InChI is InChI=1S/C16H22N2O5/c1-16(20,10-18-5-7-21-8-6-18)9-17-15(19)12-3-2-4-13-14(12)23-11-22-13/h2-4,20H,5-11H2,1H3,(H,17,19)/t16-/m1/s1. The van der Waals surface area contributed by atoms with Gasteiger partial charge in [-0.1, -0.05) is 6.07 Å². The molecule has 1 aromatic rings. The zero-order valence-corrected chi connectivity index (χ0v) is 13.2. The molecule has 2 aliphatic heterocycles. The number of nitrogens with one attached hydrogen (secondary N) is 1. The number of nitrogens with zero attached hydrogens (tertiary/aromatic N) is 1. The molecule has 23 heavy (non-hydrogen) atoms. The fraction of sp³-hybridized carbons (Fsp3) is 0.562. The fourth-order valence-corrected chi connectivity index (χ4v) is 2.77. The van der Waals surface area contributed by atoms with Crippen molar-refractivity contribution in [3.8, 4) is 11.5 Å². The summed E-state index contributed by atoms with van der Waals surface area (Å²) in [4.78, 5) is 14.5. The zero-order chi connectivity index (χ0) is 16.3. The Morgan fingerprint density at radius 3 is 2.91 bits per heavy atom. The van der Waals surface area contributed by atoms with E-state index in [1.54, 1.807) is 25.1 Å². The molecule has 0 bridgehead atoms. The number of hydrogen-bond acceptors (Lipinski definition) is 6. The molecule has 0 radical (unpaired) electrons. The van der Waals surface area contributed by atoms with Crippen LogP contribution in [0.3, 0.4) is 0 Å². The lowest BCUT2D eigenvalue weighted by atomic mass is 10.1. The van der Waals surface area contributed by atoms with Crippen LogP contribution in [0.5, 0.6) is 11.5 Å². The summed E-state index contributed by atoms with van der Waals surface area (Å²) < 4.78 is 15.9. The SMILES string of the molecule is C[C@@](O)(CNC(=O)c1cccc2c1OCO2)CN1CCOCC1. The molecule has 1 amide bonds. The molecule has 0 aliphatic carbocycles. The van der Waals surface area contributed by atoms with Gasteiger partial charge in [-0.15, -0.1) is 0 Å². The van der Waals surface area contributed by atoms with Crippen LogP contribution in [0.4, 0.5) is 0 Å². The van der Waals surface area contributed by atoms with Gasteiger partial charge < -0.3 is 24.6 Å². The molecule has 1 fully saturated rings. The molecule has 2 N–H and O–H groups in total. The van der Waals surface area contributed by atoms with Crippen LogP contribution < -0.4 is 14.8 Å². The maximum Gasteiger partial charge on any atom is 0.255 e. The number of fused-ring (bicyclic) bond motifs is 1. The highest BCUT2D eigenvalue weighted by Crippen LogP contribution is 2.35. The number of β-amino-alcohol motifs (C(OH)–C–C–N with tert-alkyl or cyclic N) is 1. The predicted octanol–water partition coefficient (Wildman–Crippen LogP) is 0.228. The number of para-hydroxylation sites is 1. The number of carbonyl (C=O) groups excluding carboxylic acids is 1. The topological polar surface area (TPSA) is 80.3 Å². The van der Waals surface area contributed by atoms with E-state index in [2.05, 4.69) is 10.2 Å². The number of benzene rings is 1. The average Bonchev–Trinajstić information content (AvgIpc) is 3.02. The molecule has 2 heterocycles.